The van der Waals surface area contributed by atoms with Crippen molar-refractivity contribution < 1.29 is 9.90 Å². The van der Waals surface area contributed by atoms with Gasteiger partial charge in [-0.15, -0.1) is 11.3 Å². The Morgan fingerprint density at radius 2 is 1.90 bits per heavy atom. The topological polar surface area (TPSA) is 50.2 Å². The van der Waals surface area contributed by atoms with Crippen LogP contribution in [0.25, 0.3) is 0 Å². The van der Waals surface area contributed by atoms with Gasteiger partial charge in [0.15, 0.2) is 0 Å². The summed E-state index contributed by atoms with van der Waals surface area (Å²) in [5, 5.41) is 12.4. The summed E-state index contributed by atoms with van der Waals surface area (Å²) in [6.45, 7) is 6.35. The van der Waals surface area contributed by atoms with Crippen LogP contribution >= 0.6 is 11.3 Å². The Bertz CT molecular complexity index is 599. The van der Waals surface area contributed by atoms with Gasteiger partial charge in [-0.05, 0) is 12.0 Å². The number of nitrogens with zero attached hydrogens (tertiary/aromatic N) is 1. The van der Waals surface area contributed by atoms with E-state index in [0.29, 0.717) is 12.8 Å². The highest BCUT2D eigenvalue weighted by Gasteiger charge is 2.22. The van der Waals surface area contributed by atoms with Crippen LogP contribution in [-0.4, -0.2) is 16.1 Å². The average Bonchev–Trinajstić information content (AvgIpc) is 2.87. The first kappa shape index (κ1) is 15.7. The van der Waals surface area contributed by atoms with Gasteiger partial charge >= 0.3 is 5.97 Å². The van der Waals surface area contributed by atoms with Crippen LogP contribution in [0.3, 0.4) is 0 Å². The van der Waals surface area contributed by atoms with Crippen LogP contribution in [0.2, 0.25) is 0 Å². The van der Waals surface area contributed by atoms with Crippen molar-refractivity contribution in [3.8, 4) is 0 Å². The van der Waals surface area contributed by atoms with E-state index in [4.69, 9.17) is 0 Å². The van der Waals surface area contributed by atoms with Gasteiger partial charge in [-0.3, -0.25) is 4.79 Å². The molecule has 0 fully saturated rings. The molecule has 21 heavy (non-hydrogen) atoms. The molecule has 0 spiro atoms. The number of carboxylic acids is 1. The monoisotopic (exact) mass is 303 g/mol. The van der Waals surface area contributed by atoms with Crippen LogP contribution in [0.5, 0.6) is 0 Å². The lowest BCUT2D eigenvalue weighted by Crippen LogP contribution is -2.19. The summed E-state index contributed by atoms with van der Waals surface area (Å²) in [7, 11) is 0. The minimum Gasteiger partial charge on any atom is -0.481 e. The molecule has 0 aliphatic rings. The summed E-state index contributed by atoms with van der Waals surface area (Å²) in [6, 6.07) is 9.76. The molecule has 1 aromatic carbocycles. The third kappa shape index (κ3) is 4.39. The highest BCUT2D eigenvalue weighted by Crippen LogP contribution is 2.26. The van der Waals surface area contributed by atoms with E-state index in [2.05, 4.69) is 25.8 Å². The van der Waals surface area contributed by atoms with Crippen molar-refractivity contribution in [3.05, 3.63) is 52.0 Å². The Morgan fingerprint density at radius 3 is 2.43 bits per heavy atom. The van der Waals surface area contributed by atoms with Crippen LogP contribution in [0.1, 0.15) is 37.0 Å². The van der Waals surface area contributed by atoms with Crippen LogP contribution in [0.15, 0.2) is 35.7 Å². The highest BCUT2D eigenvalue weighted by atomic mass is 32.1. The molecule has 3 nitrogen and oxygen atoms in total. The van der Waals surface area contributed by atoms with E-state index in [1.54, 1.807) is 11.3 Å². The van der Waals surface area contributed by atoms with Gasteiger partial charge in [0.05, 0.1) is 16.6 Å². The molecule has 0 saturated carbocycles. The zero-order chi connectivity index (χ0) is 15.5. The minimum absolute atomic E-state index is 0.00685. The van der Waals surface area contributed by atoms with Gasteiger partial charge in [-0.25, -0.2) is 4.98 Å². The molecular formula is C17H21NO2S. The van der Waals surface area contributed by atoms with Crippen molar-refractivity contribution in [2.45, 2.75) is 39.0 Å². The molecule has 0 aliphatic heterocycles. The molecule has 0 aliphatic carbocycles. The number of aromatic nitrogens is 1. The van der Waals surface area contributed by atoms with Crippen molar-refractivity contribution in [1.29, 1.82) is 0 Å². The maximum Gasteiger partial charge on any atom is 0.307 e. The fourth-order valence-electron chi connectivity index (χ4n) is 2.11. The van der Waals surface area contributed by atoms with Crippen molar-refractivity contribution in [2.75, 3.05) is 0 Å². The van der Waals surface area contributed by atoms with Gasteiger partial charge in [-0.1, -0.05) is 51.1 Å². The summed E-state index contributed by atoms with van der Waals surface area (Å²) in [6.07, 6.45) is 1.03. The fourth-order valence-corrected chi connectivity index (χ4v) is 3.21. The molecule has 4 heteroatoms. The Kier molecular flexibility index (Phi) is 4.78. The minimum atomic E-state index is -0.758. The molecule has 1 aromatic heterocycles. The first-order valence-electron chi connectivity index (χ1n) is 7.08. The van der Waals surface area contributed by atoms with E-state index in [1.165, 1.54) is 0 Å². The zero-order valence-corrected chi connectivity index (χ0v) is 13.5. The molecule has 1 atom stereocenters. The van der Waals surface area contributed by atoms with Gasteiger partial charge in [0.1, 0.15) is 0 Å². The first-order valence-corrected chi connectivity index (χ1v) is 7.96. The van der Waals surface area contributed by atoms with Crippen molar-refractivity contribution in [3.63, 3.8) is 0 Å². The molecule has 112 valence electrons. The third-order valence-electron chi connectivity index (χ3n) is 3.42. The van der Waals surface area contributed by atoms with Crippen LogP contribution in [0.4, 0.5) is 0 Å². The van der Waals surface area contributed by atoms with Crippen molar-refractivity contribution in [1.82, 2.24) is 4.98 Å². The number of hydrogen-bond acceptors (Lipinski definition) is 3. The van der Waals surface area contributed by atoms with Crippen LogP contribution in [-0.2, 0) is 23.1 Å². The molecule has 2 aromatic rings. The van der Waals surface area contributed by atoms with Crippen molar-refractivity contribution >= 4 is 17.3 Å². The molecule has 1 unspecified atom stereocenters. The lowest BCUT2D eigenvalue weighted by Gasteiger charge is -2.14. The predicted molar refractivity (Wildman–Crippen MR) is 85.8 cm³/mol. The molecule has 1 N–H and O–H groups in total. The maximum absolute atomic E-state index is 11.5. The van der Waals surface area contributed by atoms with E-state index in [0.717, 1.165) is 16.3 Å². The molecule has 0 radical (unpaired) electrons. The Hall–Kier alpha value is -1.68. The van der Waals surface area contributed by atoms with Crippen LogP contribution < -0.4 is 0 Å². The number of carbonyl (C=O) groups is 1. The number of thiazole rings is 1. The lowest BCUT2D eigenvalue weighted by molar-refractivity contribution is -0.141. The smallest absolute Gasteiger partial charge is 0.307 e. The Labute approximate surface area is 129 Å². The highest BCUT2D eigenvalue weighted by molar-refractivity contribution is 7.09. The Balaban J connectivity index is 2.10. The van der Waals surface area contributed by atoms with Crippen molar-refractivity contribution in [2.24, 2.45) is 5.92 Å². The van der Waals surface area contributed by atoms with E-state index >= 15 is 0 Å². The normalized spacial score (nSPS) is 13.1. The second kappa shape index (κ2) is 6.39. The quantitative estimate of drug-likeness (QED) is 0.910. The number of carboxylic acid groups (broad SMARTS) is 1. The standard InChI is InChI=1S/C17H21NO2S/c1-17(2,3)14-11-21-15(18-14)10-13(16(19)20)9-12-7-5-4-6-8-12/h4-8,11,13H,9-10H2,1-3H3,(H,19,20). The van der Waals surface area contributed by atoms with Gasteiger partial charge in [0.2, 0.25) is 0 Å². The van der Waals surface area contributed by atoms with Gasteiger partial charge < -0.3 is 5.11 Å². The summed E-state index contributed by atoms with van der Waals surface area (Å²) in [5.41, 5.74) is 2.09. The largest absolute Gasteiger partial charge is 0.481 e. The summed E-state index contributed by atoms with van der Waals surface area (Å²) >= 11 is 1.56. The Morgan fingerprint density at radius 1 is 1.24 bits per heavy atom. The molecular weight excluding hydrogens is 282 g/mol. The number of benzene rings is 1. The lowest BCUT2D eigenvalue weighted by atomic mass is 9.93. The average molecular weight is 303 g/mol. The SMILES string of the molecule is CC(C)(C)c1csc(CC(Cc2ccccc2)C(=O)O)n1. The number of aliphatic carboxylic acids is 1. The van der Waals surface area contributed by atoms with E-state index in [9.17, 15) is 9.90 Å². The maximum atomic E-state index is 11.5. The molecule has 0 bridgehead atoms. The van der Waals surface area contributed by atoms with E-state index in [1.807, 2.05) is 35.7 Å². The first-order chi connectivity index (χ1) is 9.86. The second-order valence-corrected chi connectivity index (χ2v) is 7.25. The van der Waals surface area contributed by atoms with Crippen LogP contribution in [0, 0.1) is 5.92 Å². The predicted octanol–water partition coefficient (Wildman–Crippen LogP) is 3.93. The molecule has 0 saturated heterocycles. The van der Waals surface area contributed by atoms with E-state index < -0.39 is 11.9 Å². The molecule has 1 heterocycles. The number of hydrogen-bond donors (Lipinski definition) is 1. The van der Waals surface area contributed by atoms with E-state index in [-0.39, 0.29) is 5.41 Å². The van der Waals surface area contributed by atoms with Gasteiger partial charge in [-0.2, -0.15) is 0 Å². The van der Waals surface area contributed by atoms with Gasteiger partial charge in [0.25, 0.3) is 0 Å². The summed E-state index contributed by atoms with van der Waals surface area (Å²) in [5.74, 6) is -1.18. The number of rotatable bonds is 5. The van der Waals surface area contributed by atoms with Gasteiger partial charge in [0, 0.05) is 17.2 Å². The second-order valence-electron chi connectivity index (χ2n) is 6.31. The zero-order valence-electron chi connectivity index (χ0n) is 12.7. The fraction of sp³-hybridized carbons (Fsp3) is 0.412. The molecule has 0 amide bonds. The third-order valence-corrected chi connectivity index (χ3v) is 4.29. The molecule has 2 rings (SSSR count). The summed E-state index contributed by atoms with van der Waals surface area (Å²) < 4.78 is 0. The summed E-state index contributed by atoms with van der Waals surface area (Å²) in [4.78, 5) is 16.1.